The number of benzene rings is 1. The summed E-state index contributed by atoms with van der Waals surface area (Å²) in [7, 11) is 1.99. The van der Waals surface area contributed by atoms with E-state index in [0.29, 0.717) is 18.8 Å². The highest BCUT2D eigenvalue weighted by atomic mass is 16.6. The van der Waals surface area contributed by atoms with Crippen LogP contribution in [-0.4, -0.2) is 38.5 Å². The van der Waals surface area contributed by atoms with E-state index in [-0.39, 0.29) is 6.10 Å². The summed E-state index contributed by atoms with van der Waals surface area (Å²) in [4.78, 5) is 0. The van der Waals surface area contributed by atoms with Crippen LogP contribution in [-0.2, 0) is 4.74 Å². The number of likely N-dealkylation sites (N-methyl/N-ethyl adjacent to an activating group) is 1. The maximum absolute atomic E-state index is 6.07. The highest BCUT2D eigenvalue weighted by molar-refractivity contribution is 5.40. The molecule has 1 aromatic rings. The summed E-state index contributed by atoms with van der Waals surface area (Å²) < 4.78 is 17.6. The number of fused-ring (bicyclic) bond motifs is 1. The van der Waals surface area contributed by atoms with Crippen molar-refractivity contribution in [2.45, 2.75) is 43.9 Å². The molecule has 20 heavy (non-hydrogen) atoms. The van der Waals surface area contributed by atoms with Gasteiger partial charge in [-0.1, -0.05) is 12.1 Å². The van der Waals surface area contributed by atoms with Gasteiger partial charge in [-0.15, -0.1) is 0 Å². The van der Waals surface area contributed by atoms with Gasteiger partial charge in [0, 0.05) is 12.6 Å². The van der Waals surface area contributed by atoms with Crippen LogP contribution in [0.5, 0.6) is 11.5 Å². The van der Waals surface area contributed by atoms with Gasteiger partial charge in [-0.05, 0) is 44.9 Å². The predicted molar refractivity (Wildman–Crippen MR) is 77.4 cm³/mol. The highest BCUT2D eigenvalue weighted by Gasteiger charge is 2.28. The number of nitrogens with one attached hydrogen (secondary N) is 1. The molecule has 0 radical (unpaired) electrons. The summed E-state index contributed by atoms with van der Waals surface area (Å²) in [6.07, 6.45) is 5.04. The van der Waals surface area contributed by atoms with E-state index in [1.54, 1.807) is 0 Å². The van der Waals surface area contributed by atoms with Gasteiger partial charge in [0.2, 0.25) is 0 Å². The third-order valence-electron chi connectivity index (χ3n) is 4.17. The third-order valence-corrected chi connectivity index (χ3v) is 4.17. The first-order valence-corrected chi connectivity index (χ1v) is 7.54. The molecule has 4 nitrogen and oxygen atoms in total. The third kappa shape index (κ3) is 3.07. The normalized spacial score (nSPS) is 26.4. The molecule has 2 aliphatic rings. The van der Waals surface area contributed by atoms with Crippen molar-refractivity contribution in [3.63, 3.8) is 0 Å². The largest absolute Gasteiger partial charge is 0.486 e. The highest BCUT2D eigenvalue weighted by Crippen LogP contribution is 2.32. The molecule has 2 heterocycles. The summed E-state index contributed by atoms with van der Waals surface area (Å²) in [5.41, 5.74) is 0. The molecular formula is C16H23NO3. The molecule has 1 aromatic carbocycles. The topological polar surface area (TPSA) is 39.7 Å². The number of rotatable bonds is 5. The first-order chi connectivity index (χ1) is 9.86. The van der Waals surface area contributed by atoms with Crippen LogP contribution in [0, 0.1) is 0 Å². The smallest absolute Gasteiger partial charge is 0.161 e. The van der Waals surface area contributed by atoms with Gasteiger partial charge in [-0.2, -0.15) is 0 Å². The van der Waals surface area contributed by atoms with Gasteiger partial charge in [0.05, 0.1) is 6.10 Å². The van der Waals surface area contributed by atoms with Gasteiger partial charge in [-0.3, -0.25) is 0 Å². The Morgan fingerprint density at radius 3 is 2.90 bits per heavy atom. The van der Waals surface area contributed by atoms with Crippen molar-refractivity contribution in [2.75, 3.05) is 20.3 Å². The lowest BCUT2D eigenvalue weighted by Gasteiger charge is -2.32. The van der Waals surface area contributed by atoms with Crippen LogP contribution < -0.4 is 14.8 Å². The van der Waals surface area contributed by atoms with Crippen molar-refractivity contribution in [2.24, 2.45) is 0 Å². The molecule has 0 saturated carbocycles. The molecule has 1 saturated heterocycles. The summed E-state index contributed by atoms with van der Waals surface area (Å²) in [5.74, 6) is 1.69. The molecule has 4 heteroatoms. The fourth-order valence-electron chi connectivity index (χ4n) is 2.99. The van der Waals surface area contributed by atoms with E-state index in [4.69, 9.17) is 14.2 Å². The zero-order valence-corrected chi connectivity index (χ0v) is 12.0. The molecule has 1 N–H and O–H groups in total. The van der Waals surface area contributed by atoms with E-state index < -0.39 is 0 Å². The van der Waals surface area contributed by atoms with E-state index >= 15 is 0 Å². The maximum atomic E-state index is 6.07. The summed E-state index contributed by atoms with van der Waals surface area (Å²) in [5, 5.41) is 3.37. The van der Waals surface area contributed by atoms with Crippen molar-refractivity contribution in [1.82, 2.24) is 5.32 Å². The Morgan fingerprint density at radius 2 is 2.15 bits per heavy atom. The van der Waals surface area contributed by atoms with Crippen LogP contribution in [0.1, 0.15) is 25.7 Å². The van der Waals surface area contributed by atoms with E-state index in [1.165, 1.54) is 12.8 Å². The molecule has 3 unspecified atom stereocenters. The molecule has 0 bridgehead atoms. The van der Waals surface area contributed by atoms with E-state index in [0.717, 1.165) is 30.9 Å². The lowest BCUT2D eigenvalue weighted by Crippen LogP contribution is -2.46. The molecule has 3 rings (SSSR count). The number of hydrogen-bond donors (Lipinski definition) is 1. The summed E-state index contributed by atoms with van der Waals surface area (Å²) in [6, 6.07) is 8.16. The second-order valence-corrected chi connectivity index (χ2v) is 5.52. The van der Waals surface area contributed by atoms with Gasteiger partial charge in [0.15, 0.2) is 11.5 Å². The standard InChI is InChI=1S/C16H23NO3/c1-17-13(9-8-12-5-4-10-18-12)16-11-19-14-6-2-3-7-15(14)20-16/h2-3,6-7,12-13,16-17H,4-5,8-11H2,1H3. The summed E-state index contributed by atoms with van der Waals surface area (Å²) in [6.45, 7) is 1.53. The molecule has 0 amide bonds. The Balaban J connectivity index is 1.56. The zero-order chi connectivity index (χ0) is 13.8. The Labute approximate surface area is 120 Å². The summed E-state index contributed by atoms with van der Waals surface area (Å²) >= 11 is 0. The molecule has 110 valence electrons. The molecule has 3 atom stereocenters. The molecule has 0 aromatic heterocycles. The van der Waals surface area contributed by atoms with Gasteiger partial charge in [-0.25, -0.2) is 0 Å². The number of ether oxygens (including phenoxy) is 3. The fourth-order valence-corrected chi connectivity index (χ4v) is 2.99. The van der Waals surface area contributed by atoms with Gasteiger partial charge < -0.3 is 19.5 Å². The Kier molecular flexibility index (Phi) is 4.43. The monoisotopic (exact) mass is 277 g/mol. The Hall–Kier alpha value is -1.26. The van der Waals surface area contributed by atoms with Crippen LogP contribution in [0.4, 0.5) is 0 Å². The molecular weight excluding hydrogens is 254 g/mol. The lowest BCUT2D eigenvalue weighted by molar-refractivity contribution is 0.0510. The van der Waals surface area contributed by atoms with Crippen LogP contribution in [0.25, 0.3) is 0 Å². The van der Waals surface area contributed by atoms with Crippen LogP contribution in [0.3, 0.4) is 0 Å². The minimum Gasteiger partial charge on any atom is -0.486 e. The maximum Gasteiger partial charge on any atom is 0.161 e. The fraction of sp³-hybridized carbons (Fsp3) is 0.625. The average molecular weight is 277 g/mol. The van der Waals surface area contributed by atoms with Crippen molar-refractivity contribution in [1.29, 1.82) is 0 Å². The second kappa shape index (κ2) is 6.46. The SMILES string of the molecule is CNC(CCC1CCCO1)C1COc2ccccc2O1. The van der Waals surface area contributed by atoms with Crippen LogP contribution >= 0.6 is 0 Å². The van der Waals surface area contributed by atoms with Crippen molar-refractivity contribution in [3.05, 3.63) is 24.3 Å². The molecule has 2 aliphatic heterocycles. The van der Waals surface area contributed by atoms with Crippen LogP contribution in [0.15, 0.2) is 24.3 Å². The molecule has 0 spiro atoms. The van der Waals surface area contributed by atoms with Crippen LogP contribution in [0.2, 0.25) is 0 Å². The van der Waals surface area contributed by atoms with Gasteiger partial charge in [0.1, 0.15) is 12.7 Å². The van der Waals surface area contributed by atoms with Crippen molar-refractivity contribution >= 4 is 0 Å². The Bertz CT molecular complexity index is 431. The molecule has 1 fully saturated rings. The van der Waals surface area contributed by atoms with E-state index in [9.17, 15) is 0 Å². The predicted octanol–water partition coefficient (Wildman–Crippen LogP) is 2.37. The minimum atomic E-state index is 0.0660. The van der Waals surface area contributed by atoms with Crippen molar-refractivity contribution < 1.29 is 14.2 Å². The molecule has 0 aliphatic carbocycles. The van der Waals surface area contributed by atoms with Gasteiger partial charge >= 0.3 is 0 Å². The average Bonchev–Trinajstić information content (AvgIpc) is 3.01. The minimum absolute atomic E-state index is 0.0660. The van der Waals surface area contributed by atoms with Gasteiger partial charge in [0.25, 0.3) is 0 Å². The first kappa shape index (κ1) is 13.7. The first-order valence-electron chi connectivity index (χ1n) is 7.54. The zero-order valence-electron chi connectivity index (χ0n) is 12.0. The second-order valence-electron chi connectivity index (χ2n) is 5.52. The van der Waals surface area contributed by atoms with Crippen molar-refractivity contribution in [3.8, 4) is 11.5 Å². The Morgan fingerprint density at radius 1 is 1.30 bits per heavy atom. The quantitative estimate of drug-likeness (QED) is 0.897. The van der Waals surface area contributed by atoms with E-state index in [1.807, 2.05) is 31.3 Å². The lowest BCUT2D eigenvalue weighted by atomic mass is 10.0. The number of para-hydroxylation sites is 2. The van der Waals surface area contributed by atoms with E-state index in [2.05, 4.69) is 5.32 Å². The number of hydrogen-bond acceptors (Lipinski definition) is 4.